The van der Waals surface area contributed by atoms with Crippen LogP contribution in [0, 0.1) is 34.5 Å². The van der Waals surface area contributed by atoms with Crippen molar-refractivity contribution in [2.45, 2.75) is 71.3 Å². The van der Waals surface area contributed by atoms with Crippen LogP contribution in [0.1, 0.15) is 81.3 Å². The monoisotopic (exact) mass is 494 g/mol. The highest BCUT2D eigenvalue weighted by atomic mass is 16.5. The fraction of sp³-hybridized carbons (Fsp3) is 0.500. The van der Waals surface area contributed by atoms with Crippen LogP contribution in [-0.4, -0.2) is 12.1 Å². The van der Waals surface area contributed by atoms with Gasteiger partial charge >= 0.3 is 5.97 Å². The molecular formula is C34H38O3. The number of hydrogen-bond acceptors (Lipinski definition) is 3. The molecule has 0 radical (unpaired) electrons. The minimum atomic E-state index is -0.152. The van der Waals surface area contributed by atoms with E-state index in [1.165, 1.54) is 43.1 Å². The summed E-state index contributed by atoms with van der Waals surface area (Å²) in [5.74, 6) is 3.82. The first kappa shape index (κ1) is 23.3. The second-order valence-electron chi connectivity index (χ2n) is 12.8. The lowest BCUT2D eigenvalue weighted by molar-refractivity contribution is -0.110. The van der Waals surface area contributed by atoms with Crippen molar-refractivity contribution in [3.05, 3.63) is 78.1 Å². The van der Waals surface area contributed by atoms with E-state index in [2.05, 4.69) is 50.3 Å². The Morgan fingerprint density at radius 3 is 2.51 bits per heavy atom. The second-order valence-corrected chi connectivity index (χ2v) is 12.8. The topological polar surface area (TPSA) is 39.4 Å². The van der Waals surface area contributed by atoms with Gasteiger partial charge in [-0.3, -0.25) is 0 Å². The van der Waals surface area contributed by atoms with Crippen LogP contribution in [0.15, 0.2) is 71.2 Å². The average Bonchev–Trinajstić information content (AvgIpc) is 3.50. The molecule has 4 aliphatic carbocycles. The molecule has 0 aliphatic heterocycles. The van der Waals surface area contributed by atoms with Crippen molar-refractivity contribution in [3.63, 3.8) is 0 Å². The number of furan rings is 1. The van der Waals surface area contributed by atoms with E-state index in [1.807, 2.05) is 30.3 Å². The number of allylic oxidation sites excluding steroid dienone is 2. The Morgan fingerprint density at radius 1 is 0.892 bits per heavy atom. The van der Waals surface area contributed by atoms with Gasteiger partial charge in [0.05, 0.1) is 5.56 Å². The molecular weight excluding hydrogens is 456 g/mol. The lowest BCUT2D eigenvalue weighted by Gasteiger charge is -2.59. The molecule has 7 atom stereocenters. The number of para-hydroxylation sites is 1. The first-order chi connectivity index (χ1) is 18.0. The minimum absolute atomic E-state index is 0.0441. The minimum Gasteiger partial charge on any atom is -0.458 e. The number of rotatable bonds is 3. The van der Waals surface area contributed by atoms with Gasteiger partial charge in [0.1, 0.15) is 17.4 Å². The molecule has 3 saturated carbocycles. The van der Waals surface area contributed by atoms with Crippen LogP contribution in [0.4, 0.5) is 0 Å². The highest BCUT2D eigenvalue weighted by Crippen LogP contribution is 2.66. The molecule has 0 N–H and O–H groups in total. The molecule has 7 rings (SSSR count). The number of carbonyl (C=O) groups excluding carboxylic acids is 1. The Kier molecular flexibility index (Phi) is 5.43. The van der Waals surface area contributed by atoms with E-state index in [0.717, 1.165) is 48.4 Å². The maximum Gasteiger partial charge on any atom is 0.338 e. The molecule has 0 saturated heterocycles. The lowest BCUT2D eigenvalue weighted by atomic mass is 9.45. The van der Waals surface area contributed by atoms with Gasteiger partial charge in [0.2, 0.25) is 0 Å². The fourth-order valence-electron chi connectivity index (χ4n) is 9.14. The van der Waals surface area contributed by atoms with Crippen molar-refractivity contribution >= 4 is 22.5 Å². The third-order valence-corrected chi connectivity index (χ3v) is 11.2. The van der Waals surface area contributed by atoms with E-state index in [1.54, 1.807) is 0 Å². The van der Waals surface area contributed by atoms with Gasteiger partial charge in [-0.2, -0.15) is 0 Å². The molecule has 2 aromatic carbocycles. The maximum absolute atomic E-state index is 12.9. The quantitative estimate of drug-likeness (QED) is 0.342. The van der Waals surface area contributed by atoms with Crippen LogP contribution >= 0.6 is 0 Å². The number of benzene rings is 2. The highest BCUT2D eigenvalue weighted by Gasteiger charge is 2.60. The predicted octanol–water partition coefficient (Wildman–Crippen LogP) is 8.69. The zero-order valence-electron chi connectivity index (χ0n) is 22.1. The molecule has 1 aromatic heterocycles. The summed E-state index contributed by atoms with van der Waals surface area (Å²) < 4.78 is 12.5. The molecule has 0 unspecified atom stereocenters. The largest absolute Gasteiger partial charge is 0.458 e. The number of esters is 1. The van der Waals surface area contributed by atoms with Crippen LogP contribution in [0.5, 0.6) is 0 Å². The van der Waals surface area contributed by atoms with Gasteiger partial charge in [-0.05, 0) is 110 Å². The Labute approximate surface area is 220 Å². The summed E-state index contributed by atoms with van der Waals surface area (Å²) in [5.41, 5.74) is 3.54. The Hall–Kier alpha value is -2.81. The highest BCUT2D eigenvalue weighted by molar-refractivity contribution is 5.89. The van der Waals surface area contributed by atoms with Gasteiger partial charge in [0.25, 0.3) is 0 Å². The fourth-order valence-corrected chi connectivity index (χ4v) is 9.14. The summed E-state index contributed by atoms with van der Waals surface area (Å²) in [5, 5.41) is 1.20. The summed E-state index contributed by atoms with van der Waals surface area (Å²) in [6, 6.07) is 20.1. The average molecular weight is 495 g/mol. The van der Waals surface area contributed by atoms with Gasteiger partial charge in [-0.25, -0.2) is 4.79 Å². The van der Waals surface area contributed by atoms with Crippen LogP contribution in [0.2, 0.25) is 0 Å². The first-order valence-corrected chi connectivity index (χ1v) is 14.4. The zero-order valence-corrected chi connectivity index (χ0v) is 22.1. The molecule has 37 heavy (non-hydrogen) atoms. The Balaban J connectivity index is 1.10. The molecule has 3 nitrogen and oxygen atoms in total. The van der Waals surface area contributed by atoms with E-state index >= 15 is 0 Å². The van der Waals surface area contributed by atoms with Crippen LogP contribution in [0.25, 0.3) is 16.5 Å². The standard InChI is InChI=1S/C34H38O3/c1-33-18-16-24(30-21-23-10-6-7-11-29(23)36-30)20-25(33)12-13-26-27-14-15-31(34(27,2)19-17-28(26)33)37-32(35)22-8-4-3-5-9-22/h3-11,16,21,25-28,31H,12-15,17-20H2,1-2H3/t25-,26-,27-,28-,31-,33-,34-/m0/s1. The predicted molar refractivity (Wildman–Crippen MR) is 147 cm³/mol. The van der Waals surface area contributed by atoms with E-state index in [9.17, 15) is 4.79 Å². The lowest BCUT2D eigenvalue weighted by Crippen LogP contribution is -2.53. The molecule has 3 aromatic rings. The summed E-state index contributed by atoms with van der Waals surface area (Å²) in [6.45, 7) is 5.02. The number of carbonyl (C=O) groups is 1. The van der Waals surface area contributed by atoms with E-state index in [-0.39, 0.29) is 17.5 Å². The van der Waals surface area contributed by atoms with Crippen LogP contribution < -0.4 is 0 Å². The van der Waals surface area contributed by atoms with Crippen molar-refractivity contribution in [1.82, 2.24) is 0 Å². The number of hydrogen-bond donors (Lipinski definition) is 0. The van der Waals surface area contributed by atoms with Gasteiger partial charge < -0.3 is 9.15 Å². The van der Waals surface area contributed by atoms with E-state index in [4.69, 9.17) is 9.15 Å². The normalized spacial score (nSPS) is 36.8. The first-order valence-electron chi connectivity index (χ1n) is 14.4. The van der Waals surface area contributed by atoms with Crippen molar-refractivity contribution in [2.75, 3.05) is 0 Å². The molecule has 192 valence electrons. The molecule has 0 amide bonds. The van der Waals surface area contributed by atoms with Crippen molar-refractivity contribution in [2.24, 2.45) is 34.5 Å². The summed E-state index contributed by atoms with van der Waals surface area (Å²) in [6.07, 6.45) is 12.1. The molecule has 4 aliphatic rings. The Morgan fingerprint density at radius 2 is 1.68 bits per heavy atom. The van der Waals surface area contributed by atoms with E-state index in [0.29, 0.717) is 16.9 Å². The zero-order chi connectivity index (χ0) is 25.2. The van der Waals surface area contributed by atoms with Crippen molar-refractivity contribution in [3.8, 4) is 0 Å². The molecule has 0 bridgehead atoms. The Bertz CT molecular complexity index is 1320. The summed E-state index contributed by atoms with van der Waals surface area (Å²) in [7, 11) is 0. The third-order valence-electron chi connectivity index (χ3n) is 11.2. The number of fused-ring (bicyclic) bond motifs is 6. The SMILES string of the molecule is C[C@]12CC=C(c3cc4ccccc4o3)C[C@@H]1CC[C@@H]1[C@@H]2CC[C@]2(C)[C@@H](OC(=O)c3ccccc3)CC[C@@H]12. The van der Waals surface area contributed by atoms with Gasteiger partial charge in [-0.15, -0.1) is 0 Å². The molecule has 1 heterocycles. The van der Waals surface area contributed by atoms with E-state index < -0.39 is 0 Å². The molecule has 0 spiro atoms. The maximum atomic E-state index is 12.9. The smallest absolute Gasteiger partial charge is 0.338 e. The summed E-state index contributed by atoms with van der Waals surface area (Å²) >= 11 is 0. The van der Waals surface area contributed by atoms with Crippen LogP contribution in [-0.2, 0) is 4.74 Å². The number of ether oxygens (including phenoxy) is 1. The molecule has 3 fully saturated rings. The van der Waals surface area contributed by atoms with Crippen molar-refractivity contribution < 1.29 is 13.9 Å². The van der Waals surface area contributed by atoms with Crippen LogP contribution in [0.3, 0.4) is 0 Å². The van der Waals surface area contributed by atoms with Gasteiger partial charge in [0, 0.05) is 10.8 Å². The van der Waals surface area contributed by atoms with Gasteiger partial charge in [-0.1, -0.05) is 56.3 Å². The third kappa shape index (κ3) is 3.64. The van der Waals surface area contributed by atoms with Gasteiger partial charge in [0.15, 0.2) is 0 Å². The second kappa shape index (κ2) is 8.61. The molecule has 3 heteroatoms. The van der Waals surface area contributed by atoms with Crippen molar-refractivity contribution in [1.29, 1.82) is 0 Å². The summed E-state index contributed by atoms with van der Waals surface area (Å²) in [4.78, 5) is 12.9.